The van der Waals surface area contributed by atoms with Crippen LogP contribution in [0.25, 0.3) is 0 Å². The molecular weight excluding hydrogens is 409 g/mol. The Hall–Kier alpha value is -3.48. The predicted molar refractivity (Wildman–Crippen MR) is 120 cm³/mol. The van der Waals surface area contributed by atoms with Gasteiger partial charge in [-0.05, 0) is 30.4 Å². The summed E-state index contributed by atoms with van der Waals surface area (Å²) < 4.78 is 18.3. The third-order valence-electron chi connectivity index (χ3n) is 6.11. The fraction of sp³-hybridized carbons (Fsp3) is 0.320. The number of aromatic amines is 1. The molecule has 0 spiro atoms. The Labute approximate surface area is 185 Å². The summed E-state index contributed by atoms with van der Waals surface area (Å²) in [5.74, 6) is -0.126. The minimum atomic E-state index is -1.81. The average molecular weight is 435 g/mol. The van der Waals surface area contributed by atoms with Crippen LogP contribution < -0.4 is 11.2 Å². The first-order valence-electron chi connectivity index (χ1n) is 10.9. The number of hydrogen-bond donors (Lipinski definition) is 1. The van der Waals surface area contributed by atoms with Crippen molar-refractivity contribution in [1.29, 1.82) is 0 Å². The number of nitrogens with one attached hydrogen (secondary N) is 1. The monoisotopic (exact) mass is 435 g/mol. The number of aryl methyl sites for hydroxylation is 1. The second-order valence-electron chi connectivity index (χ2n) is 8.10. The van der Waals surface area contributed by atoms with Crippen LogP contribution in [0.1, 0.15) is 36.8 Å². The zero-order chi connectivity index (χ0) is 22.6. The van der Waals surface area contributed by atoms with E-state index in [2.05, 4.69) is 4.98 Å². The maximum absolute atomic E-state index is 17.0. The second kappa shape index (κ2) is 9.34. The Morgan fingerprint density at radius 3 is 2.22 bits per heavy atom. The average Bonchev–Trinajstić information content (AvgIpc) is 3.32. The third-order valence-corrected chi connectivity index (χ3v) is 6.11. The fourth-order valence-electron chi connectivity index (χ4n) is 4.56. The largest absolute Gasteiger partial charge is 0.336 e. The number of alkyl halides is 1. The van der Waals surface area contributed by atoms with E-state index in [1.165, 1.54) is 16.8 Å². The van der Waals surface area contributed by atoms with Gasteiger partial charge in [0.05, 0.1) is 6.04 Å². The molecule has 2 heterocycles. The van der Waals surface area contributed by atoms with E-state index < -0.39 is 23.0 Å². The normalized spacial score (nSPS) is 16.3. The van der Waals surface area contributed by atoms with Crippen LogP contribution in [0.3, 0.4) is 0 Å². The molecule has 32 heavy (non-hydrogen) atoms. The van der Waals surface area contributed by atoms with Gasteiger partial charge in [0.25, 0.3) is 5.56 Å². The molecule has 4 rings (SSSR count). The molecule has 1 N–H and O–H groups in total. The van der Waals surface area contributed by atoms with Gasteiger partial charge in [0.15, 0.2) is 5.67 Å². The van der Waals surface area contributed by atoms with Crippen molar-refractivity contribution in [2.24, 2.45) is 0 Å². The molecule has 1 atom stereocenters. The first-order valence-corrected chi connectivity index (χ1v) is 10.9. The molecule has 1 amide bonds. The molecule has 6 nitrogen and oxygen atoms in total. The van der Waals surface area contributed by atoms with Crippen molar-refractivity contribution in [1.82, 2.24) is 14.5 Å². The van der Waals surface area contributed by atoms with Crippen molar-refractivity contribution in [3.8, 4) is 0 Å². The molecule has 7 heteroatoms. The Morgan fingerprint density at radius 2 is 1.62 bits per heavy atom. The van der Waals surface area contributed by atoms with Gasteiger partial charge in [0.1, 0.15) is 0 Å². The summed E-state index contributed by atoms with van der Waals surface area (Å²) in [6.45, 7) is 0.811. The molecule has 0 saturated carbocycles. The van der Waals surface area contributed by atoms with Crippen LogP contribution >= 0.6 is 0 Å². The minimum Gasteiger partial charge on any atom is -0.336 e. The second-order valence-corrected chi connectivity index (χ2v) is 8.10. The van der Waals surface area contributed by atoms with Crippen molar-refractivity contribution < 1.29 is 9.18 Å². The molecule has 1 saturated heterocycles. The number of hydrogen-bond acceptors (Lipinski definition) is 3. The number of benzene rings is 2. The van der Waals surface area contributed by atoms with E-state index in [1.807, 2.05) is 36.4 Å². The summed E-state index contributed by atoms with van der Waals surface area (Å²) in [7, 11) is 0. The summed E-state index contributed by atoms with van der Waals surface area (Å²) in [5, 5.41) is 0. The summed E-state index contributed by atoms with van der Waals surface area (Å²) in [5.41, 5.74) is -1.69. The van der Waals surface area contributed by atoms with Gasteiger partial charge >= 0.3 is 5.69 Å². The summed E-state index contributed by atoms with van der Waals surface area (Å²) in [4.78, 5) is 40.0. The predicted octanol–water partition coefficient (Wildman–Crippen LogP) is 3.22. The highest BCUT2D eigenvalue weighted by molar-refractivity contribution is 5.77. The molecule has 166 valence electrons. The van der Waals surface area contributed by atoms with Gasteiger partial charge in [0.2, 0.25) is 5.91 Å². The van der Waals surface area contributed by atoms with E-state index in [4.69, 9.17) is 0 Å². The zero-order valence-electron chi connectivity index (χ0n) is 17.7. The first kappa shape index (κ1) is 21.7. The first-order chi connectivity index (χ1) is 15.5. The highest BCUT2D eigenvalue weighted by atomic mass is 19.1. The number of likely N-dealkylation sites (tertiary alicyclic amines) is 1. The van der Waals surface area contributed by atoms with E-state index in [0.29, 0.717) is 37.1 Å². The highest BCUT2D eigenvalue weighted by Gasteiger charge is 2.48. The molecule has 2 aromatic carbocycles. The van der Waals surface area contributed by atoms with Crippen LogP contribution in [-0.2, 0) is 17.0 Å². The standard InChI is InChI=1S/C25H26FN3O3/c26-25(19-9-3-1-4-10-19,20-11-5-2-6-12-20)21-13-7-17-29(21)23(31)14-8-16-28-18-15-22(30)27-24(28)32/h1-6,9-12,15,18,21H,7-8,13-14,16-17H2,(H,27,30,32)/t21-/m0/s1. The van der Waals surface area contributed by atoms with Crippen LogP contribution in [0.15, 0.2) is 82.5 Å². The zero-order valence-corrected chi connectivity index (χ0v) is 17.7. The van der Waals surface area contributed by atoms with Crippen LogP contribution in [0.5, 0.6) is 0 Å². The number of aromatic nitrogens is 2. The lowest BCUT2D eigenvalue weighted by Gasteiger charge is -2.38. The number of rotatable bonds is 7. The maximum Gasteiger partial charge on any atom is 0.328 e. The molecule has 0 aliphatic carbocycles. The molecule has 3 aromatic rings. The molecular formula is C25H26FN3O3. The molecule has 1 aliphatic rings. The van der Waals surface area contributed by atoms with E-state index in [1.54, 1.807) is 29.2 Å². The summed E-state index contributed by atoms with van der Waals surface area (Å²) in [6.07, 6.45) is 3.35. The lowest BCUT2D eigenvalue weighted by Crippen LogP contribution is -2.48. The molecule has 0 unspecified atom stereocenters. The topological polar surface area (TPSA) is 75.2 Å². The summed E-state index contributed by atoms with van der Waals surface area (Å²) in [6, 6.07) is 18.7. The van der Waals surface area contributed by atoms with Gasteiger partial charge < -0.3 is 9.47 Å². The number of nitrogens with zero attached hydrogens (tertiary/aromatic N) is 2. The molecule has 1 aliphatic heterocycles. The lowest BCUT2D eigenvalue weighted by atomic mass is 9.80. The van der Waals surface area contributed by atoms with Gasteiger partial charge in [-0.3, -0.25) is 14.6 Å². The SMILES string of the molecule is O=C(CCCn1ccc(=O)[nH]c1=O)N1CCC[C@H]1C(F)(c1ccccc1)c1ccccc1. The maximum atomic E-state index is 17.0. The van der Waals surface area contributed by atoms with Crippen molar-refractivity contribution >= 4 is 5.91 Å². The van der Waals surface area contributed by atoms with Crippen LogP contribution in [0.4, 0.5) is 4.39 Å². The number of carbonyl (C=O) groups excluding carboxylic acids is 1. The minimum absolute atomic E-state index is 0.126. The third kappa shape index (κ3) is 4.28. The summed E-state index contributed by atoms with van der Waals surface area (Å²) >= 11 is 0. The van der Waals surface area contributed by atoms with Crippen molar-refractivity contribution in [3.05, 3.63) is 105 Å². The van der Waals surface area contributed by atoms with Crippen molar-refractivity contribution in [3.63, 3.8) is 0 Å². The van der Waals surface area contributed by atoms with Crippen molar-refractivity contribution in [2.75, 3.05) is 6.54 Å². The number of amides is 1. The Morgan fingerprint density at radius 1 is 1.00 bits per heavy atom. The Kier molecular flexibility index (Phi) is 6.35. The Bertz CT molecular complexity index is 1130. The number of H-pyrrole nitrogens is 1. The van der Waals surface area contributed by atoms with Gasteiger partial charge in [-0.2, -0.15) is 0 Å². The van der Waals surface area contributed by atoms with E-state index in [-0.39, 0.29) is 12.3 Å². The van der Waals surface area contributed by atoms with Gasteiger partial charge in [-0.1, -0.05) is 60.7 Å². The van der Waals surface area contributed by atoms with Gasteiger partial charge in [-0.15, -0.1) is 0 Å². The number of halogens is 1. The lowest BCUT2D eigenvalue weighted by molar-refractivity contribution is -0.134. The molecule has 1 aromatic heterocycles. The van der Waals surface area contributed by atoms with Gasteiger partial charge in [-0.25, -0.2) is 9.18 Å². The van der Waals surface area contributed by atoms with Crippen LogP contribution in [0, 0.1) is 0 Å². The van der Waals surface area contributed by atoms with Crippen LogP contribution in [0.2, 0.25) is 0 Å². The molecule has 0 radical (unpaired) electrons. The quantitative estimate of drug-likeness (QED) is 0.619. The fourth-order valence-corrected chi connectivity index (χ4v) is 4.56. The van der Waals surface area contributed by atoms with Crippen molar-refractivity contribution in [2.45, 2.75) is 43.9 Å². The highest BCUT2D eigenvalue weighted by Crippen LogP contribution is 2.43. The van der Waals surface area contributed by atoms with E-state index in [9.17, 15) is 14.4 Å². The van der Waals surface area contributed by atoms with Crippen LogP contribution in [-0.4, -0.2) is 32.9 Å². The van der Waals surface area contributed by atoms with E-state index in [0.717, 1.165) is 6.42 Å². The smallest absolute Gasteiger partial charge is 0.328 e. The molecule has 0 bridgehead atoms. The Balaban J connectivity index is 1.54. The van der Waals surface area contributed by atoms with E-state index >= 15 is 4.39 Å². The molecule has 1 fully saturated rings. The number of carbonyl (C=O) groups is 1. The van der Waals surface area contributed by atoms with Gasteiger partial charge in [0, 0.05) is 31.8 Å².